The average Bonchev–Trinajstić information content (AvgIpc) is 2.81. The maximum Gasteiger partial charge on any atom is 0.243 e. The molecule has 0 unspecified atom stereocenters. The van der Waals surface area contributed by atoms with Crippen molar-refractivity contribution in [2.24, 2.45) is 7.05 Å². The SMILES string of the molecule is Cc1nn(C)cc1CNC(=O)CNS(=O)(=O)c1ccccc1N. The van der Waals surface area contributed by atoms with Crippen LogP contribution in [0, 0.1) is 6.92 Å². The van der Waals surface area contributed by atoms with Gasteiger partial charge >= 0.3 is 0 Å². The van der Waals surface area contributed by atoms with Gasteiger partial charge in [0.15, 0.2) is 0 Å². The Bertz CT molecular complexity index is 814. The zero-order valence-electron chi connectivity index (χ0n) is 12.9. The van der Waals surface area contributed by atoms with Crippen LogP contribution in [0.2, 0.25) is 0 Å². The number of aromatic nitrogens is 2. The molecule has 23 heavy (non-hydrogen) atoms. The minimum atomic E-state index is -3.83. The van der Waals surface area contributed by atoms with E-state index >= 15 is 0 Å². The molecule has 1 heterocycles. The Kier molecular flexibility index (Phi) is 5.02. The molecule has 1 amide bonds. The van der Waals surface area contributed by atoms with Crippen LogP contribution in [-0.2, 0) is 28.4 Å². The molecule has 1 aromatic carbocycles. The van der Waals surface area contributed by atoms with E-state index in [0.29, 0.717) is 0 Å². The van der Waals surface area contributed by atoms with Crippen LogP contribution < -0.4 is 15.8 Å². The molecule has 2 aromatic rings. The lowest BCUT2D eigenvalue weighted by atomic mass is 10.2. The molecule has 0 saturated carbocycles. The van der Waals surface area contributed by atoms with Crippen molar-refractivity contribution in [2.45, 2.75) is 18.4 Å². The van der Waals surface area contributed by atoms with Crippen molar-refractivity contribution in [1.29, 1.82) is 0 Å². The Hall–Kier alpha value is -2.39. The number of nitrogen functional groups attached to an aromatic ring is 1. The summed E-state index contributed by atoms with van der Waals surface area (Å²) < 4.78 is 28.1. The first-order chi connectivity index (χ1) is 10.8. The summed E-state index contributed by atoms with van der Waals surface area (Å²) in [6, 6.07) is 6.07. The fourth-order valence-electron chi connectivity index (χ4n) is 2.04. The zero-order chi connectivity index (χ0) is 17.0. The van der Waals surface area contributed by atoms with Gasteiger partial charge in [-0.1, -0.05) is 12.1 Å². The van der Waals surface area contributed by atoms with E-state index in [1.54, 1.807) is 30.1 Å². The molecular formula is C14H19N5O3S. The number of aryl methyl sites for hydroxylation is 2. The highest BCUT2D eigenvalue weighted by atomic mass is 32.2. The number of hydrogen-bond acceptors (Lipinski definition) is 5. The molecule has 1 aromatic heterocycles. The molecule has 0 atom stereocenters. The highest BCUT2D eigenvalue weighted by Crippen LogP contribution is 2.16. The van der Waals surface area contributed by atoms with Gasteiger partial charge in [-0.25, -0.2) is 13.1 Å². The lowest BCUT2D eigenvalue weighted by Gasteiger charge is -2.09. The monoisotopic (exact) mass is 337 g/mol. The quantitative estimate of drug-likeness (QED) is 0.636. The van der Waals surface area contributed by atoms with Gasteiger partial charge < -0.3 is 11.1 Å². The molecule has 0 radical (unpaired) electrons. The third-order valence-electron chi connectivity index (χ3n) is 3.22. The third kappa shape index (κ3) is 4.30. The van der Waals surface area contributed by atoms with Crippen molar-refractivity contribution in [2.75, 3.05) is 12.3 Å². The van der Waals surface area contributed by atoms with Gasteiger partial charge in [0.2, 0.25) is 15.9 Å². The van der Waals surface area contributed by atoms with Gasteiger partial charge in [-0.05, 0) is 19.1 Å². The molecule has 8 nitrogen and oxygen atoms in total. The van der Waals surface area contributed by atoms with Crippen molar-refractivity contribution in [1.82, 2.24) is 19.8 Å². The Morgan fingerprint density at radius 2 is 2.04 bits per heavy atom. The highest BCUT2D eigenvalue weighted by Gasteiger charge is 2.18. The number of nitrogens with zero attached hydrogens (tertiary/aromatic N) is 2. The minimum absolute atomic E-state index is 0.0455. The summed E-state index contributed by atoms with van der Waals surface area (Å²) in [7, 11) is -2.04. The molecule has 9 heteroatoms. The molecule has 0 aliphatic rings. The van der Waals surface area contributed by atoms with Gasteiger partial charge in [-0.15, -0.1) is 0 Å². The van der Waals surface area contributed by atoms with Crippen LogP contribution in [0.5, 0.6) is 0 Å². The Labute approximate surface area is 134 Å². The molecule has 124 valence electrons. The molecular weight excluding hydrogens is 318 g/mol. The van der Waals surface area contributed by atoms with Crippen molar-refractivity contribution >= 4 is 21.6 Å². The summed E-state index contributed by atoms with van der Waals surface area (Å²) in [5, 5.41) is 6.80. The Morgan fingerprint density at radius 1 is 1.35 bits per heavy atom. The minimum Gasteiger partial charge on any atom is -0.398 e. The zero-order valence-corrected chi connectivity index (χ0v) is 13.7. The van der Waals surface area contributed by atoms with Crippen LogP contribution in [0.3, 0.4) is 0 Å². The third-order valence-corrected chi connectivity index (χ3v) is 4.70. The number of nitrogens with two attached hydrogens (primary N) is 1. The lowest BCUT2D eigenvalue weighted by molar-refractivity contribution is -0.120. The second kappa shape index (κ2) is 6.80. The van der Waals surface area contributed by atoms with Crippen LogP contribution in [-0.4, -0.2) is 30.7 Å². The standard InChI is InChI=1S/C14H19N5O3S/c1-10-11(9-19(2)18-10)7-16-14(20)8-17-23(21,22)13-6-4-3-5-12(13)15/h3-6,9,17H,7-8,15H2,1-2H3,(H,16,20). The molecule has 0 fully saturated rings. The van der Waals surface area contributed by atoms with E-state index in [9.17, 15) is 13.2 Å². The maximum absolute atomic E-state index is 12.1. The summed E-state index contributed by atoms with van der Waals surface area (Å²) in [5.74, 6) is -0.439. The molecule has 2 rings (SSSR count). The summed E-state index contributed by atoms with van der Waals surface area (Å²) in [6.07, 6.45) is 1.80. The van der Waals surface area contributed by atoms with E-state index in [2.05, 4.69) is 15.1 Å². The molecule has 0 aliphatic carbocycles. The largest absolute Gasteiger partial charge is 0.398 e. The lowest BCUT2D eigenvalue weighted by Crippen LogP contribution is -2.36. The number of sulfonamides is 1. The van der Waals surface area contributed by atoms with Gasteiger partial charge in [0.1, 0.15) is 4.90 Å². The number of benzene rings is 1. The van der Waals surface area contributed by atoms with Crippen molar-refractivity contribution in [3.8, 4) is 0 Å². The average molecular weight is 337 g/mol. The number of carbonyl (C=O) groups is 1. The fourth-order valence-corrected chi connectivity index (χ4v) is 3.15. The Balaban J connectivity index is 1.91. The molecule has 0 aliphatic heterocycles. The Morgan fingerprint density at radius 3 is 2.65 bits per heavy atom. The second-order valence-corrected chi connectivity index (χ2v) is 6.79. The summed E-state index contributed by atoms with van der Waals surface area (Å²) >= 11 is 0. The number of carbonyl (C=O) groups excluding carboxylic acids is 1. The predicted octanol–water partition coefficient (Wildman–Crippen LogP) is -0.0946. The van der Waals surface area contributed by atoms with E-state index in [0.717, 1.165) is 11.3 Å². The van der Waals surface area contributed by atoms with Crippen LogP contribution in [0.1, 0.15) is 11.3 Å². The van der Waals surface area contributed by atoms with Gasteiger partial charge in [0.05, 0.1) is 17.9 Å². The van der Waals surface area contributed by atoms with Crippen molar-refractivity contribution in [3.63, 3.8) is 0 Å². The van der Waals surface area contributed by atoms with E-state index in [1.165, 1.54) is 12.1 Å². The van der Waals surface area contributed by atoms with E-state index in [-0.39, 0.29) is 23.7 Å². The van der Waals surface area contributed by atoms with Crippen LogP contribution in [0.25, 0.3) is 0 Å². The summed E-state index contributed by atoms with van der Waals surface area (Å²) in [5.41, 5.74) is 7.45. The molecule has 0 bridgehead atoms. The van der Waals surface area contributed by atoms with Crippen LogP contribution in [0.4, 0.5) is 5.69 Å². The van der Waals surface area contributed by atoms with Gasteiger partial charge in [0, 0.05) is 25.4 Å². The molecule has 4 N–H and O–H groups in total. The first-order valence-electron chi connectivity index (χ1n) is 6.89. The van der Waals surface area contributed by atoms with Crippen molar-refractivity contribution in [3.05, 3.63) is 41.7 Å². The summed E-state index contributed by atoms with van der Waals surface area (Å²) in [4.78, 5) is 11.8. The number of anilines is 1. The van der Waals surface area contributed by atoms with E-state index in [1.807, 2.05) is 6.92 Å². The number of para-hydroxylation sites is 1. The normalized spacial score (nSPS) is 11.4. The maximum atomic E-state index is 12.1. The topological polar surface area (TPSA) is 119 Å². The first kappa shape index (κ1) is 17.0. The van der Waals surface area contributed by atoms with Gasteiger partial charge in [-0.2, -0.15) is 5.10 Å². The first-order valence-corrected chi connectivity index (χ1v) is 8.38. The second-order valence-electron chi connectivity index (χ2n) is 5.05. The molecule has 0 spiro atoms. The van der Waals surface area contributed by atoms with Crippen LogP contribution in [0.15, 0.2) is 35.4 Å². The van der Waals surface area contributed by atoms with Crippen molar-refractivity contribution < 1.29 is 13.2 Å². The van der Waals surface area contributed by atoms with Gasteiger partial charge in [-0.3, -0.25) is 9.48 Å². The van der Waals surface area contributed by atoms with E-state index in [4.69, 9.17) is 5.73 Å². The van der Waals surface area contributed by atoms with Crippen LogP contribution >= 0.6 is 0 Å². The smallest absolute Gasteiger partial charge is 0.243 e. The fraction of sp³-hybridized carbons (Fsp3) is 0.286. The number of hydrogen-bond donors (Lipinski definition) is 3. The highest BCUT2D eigenvalue weighted by molar-refractivity contribution is 7.89. The number of rotatable bonds is 6. The predicted molar refractivity (Wildman–Crippen MR) is 85.8 cm³/mol. The van der Waals surface area contributed by atoms with E-state index < -0.39 is 15.9 Å². The number of amides is 1. The molecule has 0 saturated heterocycles. The number of nitrogens with one attached hydrogen (secondary N) is 2. The summed E-state index contributed by atoms with van der Waals surface area (Å²) in [6.45, 7) is 1.76. The van der Waals surface area contributed by atoms with Gasteiger partial charge in [0.25, 0.3) is 0 Å².